The summed E-state index contributed by atoms with van der Waals surface area (Å²) in [6.45, 7) is 12.1. The Morgan fingerprint density at radius 1 is 1.08 bits per heavy atom. The van der Waals surface area contributed by atoms with Gasteiger partial charge in [-0.05, 0) is 56.9 Å². The van der Waals surface area contributed by atoms with Crippen molar-refractivity contribution in [3.63, 3.8) is 0 Å². The molecule has 4 fully saturated rings. The molecule has 5 aliphatic rings. The highest BCUT2D eigenvalue weighted by Gasteiger charge is 2.78. The summed E-state index contributed by atoms with van der Waals surface area (Å²) in [5.74, 6) is -1.90. The number of esters is 1. The standard InChI is InChI=1S/C31H42O8/c1-17-19(32)15-31(34)25(36-26(33)18-11-9-8-10-12-18)23-29(6,14-13-20-30(23,37-20)16-35-7)24-22(21(17)27(31,2)3)38-28(4,5)39-24/h8-12,19-20,22-25,32,34H,13-16H2,1-7H3/t19-,20-,22+,23-,24-,25-,29+,30-,31+/m0/s1. The number of aliphatic hydroxyl groups excluding tert-OH is 1. The van der Waals surface area contributed by atoms with Crippen molar-refractivity contribution in [3.8, 4) is 0 Å². The molecule has 9 atom stereocenters. The van der Waals surface area contributed by atoms with E-state index in [1.807, 2.05) is 40.7 Å². The highest BCUT2D eigenvalue weighted by atomic mass is 16.8. The SMILES string of the molecule is COC[C@]12O[C@H]1CC[C@@]1(C)[C@H]3OC(C)(C)O[C@@H]3C3=C(C)[C@@H](O)C[C@@](O)([C@@H](OC(=O)c4ccccc4)[C@@H]12)C3(C)C. The van der Waals surface area contributed by atoms with Gasteiger partial charge in [0.25, 0.3) is 0 Å². The molecular weight excluding hydrogens is 500 g/mol. The highest BCUT2D eigenvalue weighted by Crippen LogP contribution is 2.69. The predicted octanol–water partition coefficient (Wildman–Crippen LogP) is 3.78. The maximum absolute atomic E-state index is 13.7. The Morgan fingerprint density at radius 3 is 2.44 bits per heavy atom. The van der Waals surface area contributed by atoms with Crippen molar-refractivity contribution in [2.24, 2.45) is 16.7 Å². The lowest BCUT2D eigenvalue weighted by atomic mass is 9.47. The van der Waals surface area contributed by atoms with Crippen molar-refractivity contribution in [2.45, 2.75) is 108 Å². The molecule has 2 saturated carbocycles. The molecule has 8 heteroatoms. The molecule has 2 aliphatic heterocycles. The predicted molar refractivity (Wildman–Crippen MR) is 142 cm³/mol. The van der Waals surface area contributed by atoms with E-state index in [1.165, 1.54) is 0 Å². The lowest BCUT2D eigenvalue weighted by molar-refractivity contribution is -0.232. The van der Waals surface area contributed by atoms with Gasteiger partial charge in [0.2, 0.25) is 0 Å². The van der Waals surface area contributed by atoms with E-state index in [9.17, 15) is 15.0 Å². The summed E-state index contributed by atoms with van der Waals surface area (Å²) >= 11 is 0. The summed E-state index contributed by atoms with van der Waals surface area (Å²) in [6.07, 6.45) is -1.41. The number of epoxide rings is 1. The van der Waals surface area contributed by atoms with E-state index in [1.54, 1.807) is 31.4 Å². The van der Waals surface area contributed by atoms with Crippen LogP contribution in [0.5, 0.6) is 0 Å². The van der Waals surface area contributed by atoms with Crippen molar-refractivity contribution < 1.29 is 38.7 Å². The Morgan fingerprint density at radius 2 is 1.77 bits per heavy atom. The van der Waals surface area contributed by atoms with Crippen LogP contribution in [0.25, 0.3) is 0 Å². The minimum Gasteiger partial charge on any atom is -0.455 e. The van der Waals surface area contributed by atoms with Crippen molar-refractivity contribution in [2.75, 3.05) is 13.7 Å². The maximum Gasteiger partial charge on any atom is 0.338 e. The summed E-state index contributed by atoms with van der Waals surface area (Å²) < 4.78 is 32.0. The van der Waals surface area contributed by atoms with Gasteiger partial charge in [-0.2, -0.15) is 0 Å². The Hall–Kier alpha value is -1.81. The fraction of sp³-hybridized carbons (Fsp3) is 0.710. The van der Waals surface area contributed by atoms with E-state index >= 15 is 0 Å². The molecule has 0 spiro atoms. The number of aliphatic hydroxyl groups is 2. The van der Waals surface area contributed by atoms with Gasteiger partial charge in [-0.3, -0.25) is 0 Å². The zero-order chi connectivity index (χ0) is 28.2. The van der Waals surface area contributed by atoms with Crippen LogP contribution in [-0.4, -0.2) is 77.4 Å². The molecule has 39 heavy (non-hydrogen) atoms. The number of methoxy groups -OCH3 is 1. The van der Waals surface area contributed by atoms with Crippen LogP contribution in [0.15, 0.2) is 41.5 Å². The van der Waals surface area contributed by atoms with Gasteiger partial charge >= 0.3 is 5.97 Å². The van der Waals surface area contributed by atoms with Gasteiger partial charge in [0.15, 0.2) is 5.79 Å². The maximum atomic E-state index is 13.7. The van der Waals surface area contributed by atoms with Crippen molar-refractivity contribution in [3.05, 3.63) is 47.0 Å². The Bertz CT molecular complexity index is 1190. The number of hydrogen-bond donors (Lipinski definition) is 2. The summed E-state index contributed by atoms with van der Waals surface area (Å²) in [5.41, 5.74) is -1.94. The van der Waals surface area contributed by atoms with Crippen LogP contribution in [0.2, 0.25) is 0 Å². The van der Waals surface area contributed by atoms with Gasteiger partial charge in [0.05, 0.1) is 30.5 Å². The quantitative estimate of drug-likeness (QED) is 0.336. The number of rotatable bonds is 4. The number of fused-ring (bicyclic) bond motifs is 8. The highest BCUT2D eigenvalue weighted by molar-refractivity contribution is 5.89. The average Bonchev–Trinajstić information content (AvgIpc) is 3.48. The van der Waals surface area contributed by atoms with Crippen LogP contribution < -0.4 is 0 Å². The third-order valence-electron chi connectivity index (χ3n) is 10.6. The van der Waals surface area contributed by atoms with Crippen LogP contribution in [0.3, 0.4) is 0 Å². The topological polar surface area (TPSA) is 107 Å². The molecule has 0 amide bonds. The lowest BCUT2D eigenvalue weighted by Gasteiger charge is -2.62. The molecule has 0 unspecified atom stereocenters. The zero-order valence-electron chi connectivity index (χ0n) is 24.0. The Balaban J connectivity index is 1.61. The summed E-state index contributed by atoms with van der Waals surface area (Å²) in [5, 5.41) is 24.3. The third-order valence-corrected chi connectivity index (χ3v) is 10.6. The Labute approximate surface area is 230 Å². The number of benzene rings is 1. The summed E-state index contributed by atoms with van der Waals surface area (Å²) in [6, 6.07) is 8.83. The van der Waals surface area contributed by atoms with E-state index < -0.39 is 64.1 Å². The van der Waals surface area contributed by atoms with Crippen molar-refractivity contribution in [1.29, 1.82) is 0 Å². The average molecular weight is 543 g/mol. The largest absolute Gasteiger partial charge is 0.455 e. The summed E-state index contributed by atoms with van der Waals surface area (Å²) in [7, 11) is 1.64. The van der Waals surface area contributed by atoms with Crippen molar-refractivity contribution in [1.82, 2.24) is 0 Å². The number of ether oxygens (including phenoxy) is 5. The molecule has 2 bridgehead atoms. The van der Waals surface area contributed by atoms with Crippen LogP contribution in [0.1, 0.15) is 71.2 Å². The molecular formula is C31H42O8. The molecule has 0 aromatic heterocycles. The van der Waals surface area contributed by atoms with Crippen LogP contribution in [0.4, 0.5) is 0 Å². The normalized spacial score (nSPS) is 45.4. The molecule has 2 N–H and O–H groups in total. The third kappa shape index (κ3) is 3.68. The molecule has 0 radical (unpaired) electrons. The van der Waals surface area contributed by atoms with Crippen LogP contribution in [0, 0.1) is 16.7 Å². The first kappa shape index (κ1) is 27.4. The fourth-order valence-corrected chi connectivity index (χ4v) is 8.64. The molecule has 214 valence electrons. The second kappa shape index (κ2) is 8.60. The first-order chi connectivity index (χ1) is 18.2. The number of hydrogen-bond acceptors (Lipinski definition) is 8. The van der Waals surface area contributed by atoms with Gasteiger partial charge in [0, 0.05) is 30.3 Å². The van der Waals surface area contributed by atoms with Gasteiger partial charge in [0.1, 0.15) is 23.4 Å². The van der Waals surface area contributed by atoms with Gasteiger partial charge in [-0.1, -0.05) is 39.0 Å². The second-order valence-corrected chi connectivity index (χ2v) is 13.6. The molecule has 1 aromatic rings. The minimum atomic E-state index is -1.63. The molecule has 6 rings (SSSR count). The molecule has 2 saturated heterocycles. The van der Waals surface area contributed by atoms with E-state index in [4.69, 9.17) is 23.7 Å². The summed E-state index contributed by atoms with van der Waals surface area (Å²) in [4.78, 5) is 13.7. The first-order valence-corrected chi connectivity index (χ1v) is 14.1. The minimum absolute atomic E-state index is 0.0179. The smallest absolute Gasteiger partial charge is 0.338 e. The van der Waals surface area contributed by atoms with Crippen molar-refractivity contribution >= 4 is 5.97 Å². The van der Waals surface area contributed by atoms with E-state index in [2.05, 4.69) is 6.92 Å². The lowest BCUT2D eigenvalue weighted by Crippen LogP contribution is -2.72. The molecule has 1 aromatic carbocycles. The number of carbonyl (C=O) groups is 1. The van der Waals surface area contributed by atoms with Gasteiger partial charge in [-0.25, -0.2) is 4.79 Å². The van der Waals surface area contributed by atoms with Gasteiger partial charge < -0.3 is 33.9 Å². The van der Waals surface area contributed by atoms with Crippen LogP contribution in [-0.2, 0) is 23.7 Å². The van der Waals surface area contributed by atoms with E-state index in [0.29, 0.717) is 12.2 Å². The van der Waals surface area contributed by atoms with Gasteiger partial charge in [-0.15, -0.1) is 0 Å². The second-order valence-electron chi connectivity index (χ2n) is 13.6. The van der Waals surface area contributed by atoms with Crippen LogP contribution >= 0.6 is 0 Å². The number of carbonyl (C=O) groups excluding carboxylic acids is 1. The molecule has 2 heterocycles. The monoisotopic (exact) mass is 542 g/mol. The first-order valence-electron chi connectivity index (χ1n) is 14.1. The fourth-order valence-electron chi connectivity index (χ4n) is 8.64. The zero-order valence-corrected chi connectivity index (χ0v) is 24.0. The molecule has 3 aliphatic carbocycles. The van der Waals surface area contributed by atoms with E-state index in [-0.39, 0.29) is 12.5 Å². The van der Waals surface area contributed by atoms with E-state index in [0.717, 1.165) is 24.0 Å². The molecule has 8 nitrogen and oxygen atoms in total. The Kier molecular flexibility index (Phi) is 6.03.